The van der Waals surface area contributed by atoms with Crippen LogP contribution in [0.5, 0.6) is 0 Å². The summed E-state index contributed by atoms with van der Waals surface area (Å²) in [7, 11) is 0. The van der Waals surface area contributed by atoms with Crippen LogP contribution in [0.3, 0.4) is 0 Å². The predicted octanol–water partition coefficient (Wildman–Crippen LogP) is 4.09. The molecule has 1 N–H and O–H groups in total. The van der Waals surface area contributed by atoms with Gasteiger partial charge in [-0.2, -0.15) is 13.2 Å². The van der Waals surface area contributed by atoms with Crippen molar-refractivity contribution in [2.45, 2.75) is 39.4 Å². The Bertz CT molecular complexity index is 414. The number of nitrogens with zero attached hydrogens (tertiary/aromatic N) is 1. The largest absolute Gasteiger partial charge is 0.416 e. The molecule has 0 saturated heterocycles. The van der Waals surface area contributed by atoms with Crippen molar-refractivity contribution >= 4 is 0 Å². The van der Waals surface area contributed by atoms with Crippen molar-refractivity contribution in [3.63, 3.8) is 0 Å². The maximum atomic E-state index is 12.7. The number of hydrogen-bond donors (Lipinski definition) is 1. The second-order valence-corrected chi connectivity index (χ2v) is 5.18. The van der Waals surface area contributed by atoms with Gasteiger partial charge in [0.05, 0.1) is 5.56 Å². The third-order valence-corrected chi connectivity index (χ3v) is 3.71. The highest BCUT2D eigenvalue weighted by atomic mass is 19.4. The van der Waals surface area contributed by atoms with Crippen LogP contribution >= 0.6 is 0 Å². The van der Waals surface area contributed by atoms with E-state index < -0.39 is 11.7 Å². The zero-order valence-corrected chi connectivity index (χ0v) is 13.0. The van der Waals surface area contributed by atoms with Crippen molar-refractivity contribution in [3.05, 3.63) is 35.4 Å². The van der Waals surface area contributed by atoms with Gasteiger partial charge in [-0.25, -0.2) is 0 Å². The first-order valence-corrected chi connectivity index (χ1v) is 7.51. The Morgan fingerprint density at radius 3 is 2.43 bits per heavy atom. The molecule has 120 valence electrons. The molecule has 1 aromatic carbocycles. The number of hydrogen-bond acceptors (Lipinski definition) is 2. The van der Waals surface area contributed by atoms with Gasteiger partial charge >= 0.3 is 6.18 Å². The second kappa shape index (κ2) is 8.39. The average molecular weight is 302 g/mol. The van der Waals surface area contributed by atoms with Crippen LogP contribution in [0.1, 0.15) is 44.4 Å². The first-order valence-electron chi connectivity index (χ1n) is 7.51. The van der Waals surface area contributed by atoms with Gasteiger partial charge in [0.25, 0.3) is 0 Å². The molecule has 0 fully saturated rings. The number of nitrogens with one attached hydrogen (secondary N) is 1. The van der Waals surface area contributed by atoms with E-state index in [1.807, 2.05) is 6.92 Å². The van der Waals surface area contributed by atoms with Crippen molar-refractivity contribution in [2.75, 3.05) is 26.2 Å². The van der Waals surface area contributed by atoms with E-state index in [0.29, 0.717) is 5.56 Å². The van der Waals surface area contributed by atoms with Gasteiger partial charge in [-0.05, 0) is 57.2 Å². The first-order chi connectivity index (χ1) is 9.88. The standard InChI is InChI=1S/C16H25F3N2/c1-4-21(5-2)11-7-10-20-13(3)14-8-6-9-15(12-14)16(17,18)19/h6,8-9,12-13,20H,4-5,7,10-11H2,1-3H3. The Labute approximate surface area is 125 Å². The summed E-state index contributed by atoms with van der Waals surface area (Å²) < 4.78 is 38.0. The van der Waals surface area contributed by atoms with Crippen molar-refractivity contribution in [1.29, 1.82) is 0 Å². The molecule has 0 spiro atoms. The maximum absolute atomic E-state index is 12.7. The lowest BCUT2D eigenvalue weighted by molar-refractivity contribution is -0.137. The molecule has 0 radical (unpaired) electrons. The van der Waals surface area contributed by atoms with E-state index in [1.54, 1.807) is 6.07 Å². The molecule has 1 rings (SSSR count). The van der Waals surface area contributed by atoms with Crippen LogP contribution in [0.25, 0.3) is 0 Å². The minimum absolute atomic E-state index is 0.0796. The highest BCUT2D eigenvalue weighted by molar-refractivity contribution is 5.27. The van der Waals surface area contributed by atoms with Gasteiger partial charge < -0.3 is 10.2 Å². The lowest BCUT2D eigenvalue weighted by Crippen LogP contribution is -2.28. The summed E-state index contributed by atoms with van der Waals surface area (Å²) in [6.45, 7) is 10.0. The predicted molar refractivity (Wildman–Crippen MR) is 80.3 cm³/mol. The fourth-order valence-electron chi connectivity index (χ4n) is 2.26. The van der Waals surface area contributed by atoms with E-state index in [4.69, 9.17) is 0 Å². The van der Waals surface area contributed by atoms with E-state index in [2.05, 4.69) is 24.1 Å². The van der Waals surface area contributed by atoms with E-state index in [0.717, 1.165) is 38.7 Å². The van der Waals surface area contributed by atoms with Crippen molar-refractivity contribution in [1.82, 2.24) is 10.2 Å². The summed E-state index contributed by atoms with van der Waals surface area (Å²) in [6, 6.07) is 5.45. The number of halogens is 3. The molecule has 0 amide bonds. The van der Waals surface area contributed by atoms with Gasteiger partial charge in [0.2, 0.25) is 0 Å². The molecule has 0 aromatic heterocycles. The van der Waals surface area contributed by atoms with E-state index in [-0.39, 0.29) is 6.04 Å². The zero-order chi connectivity index (χ0) is 15.9. The lowest BCUT2D eigenvalue weighted by Gasteiger charge is -2.20. The van der Waals surface area contributed by atoms with E-state index in [1.165, 1.54) is 12.1 Å². The van der Waals surface area contributed by atoms with Gasteiger partial charge in [-0.1, -0.05) is 26.0 Å². The Morgan fingerprint density at radius 2 is 1.86 bits per heavy atom. The molecule has 0 aliphatic heterocycles. The minimum atomic E-state index is -4.28. The SMILES string of the molecule is CCN(CC)CCCNC(C)c1cccc(C(F)(F)F)c1. The molecule has 0 aliphatic rings. The van der Waals surface area contributed by atoms with Gasteiger partial charge in [-0.3, -0.25) is 0 Å². The summed E-state index contributed by atoms with van der Waals surface area (Å²) >= 11 is 0. The molecule has 21 heavy (non-hydrogen) atoms. The summed E-state index contributed by atoms with van der Waals surface area (Å²) in [5, 5.41) is 3.29. The molecular formula is C16H25F3N2. The quantitative estimate of drug-likeness (QED) is 0.728. The number of rotatable bonds is 8. The van der Waals surface area contributed by atoms with Crippen molar-refractivity contribution in [2.24, 2.45) is 0 Å². The average Bonchev–Trinajstić information content (AvgIpc) is 2.46. The fraction of sp³-hybridized carbons (Fsp3) is 0.625. The van der Waals surface area contributed by atoms with Gasteiger partial charge in [0, 0.05) is 6.04 Å². The Balaban J connectivity index is 2.47. The molecule has 1 atom stereocenters. The molecular weight excluding hydrogens is 277 g/mol. The molecule has 0 heterocycles. The molecule has 0 saturated carbocycles. The minimum Gasteiger partial charge on any atom is -0.310 e. The topological polar surface area (TPSA) is 15.3 Å². The Kier molecular flexibility index (Phi) is 7.18. The number of benzene rings is 1. The maximum Gasteiger partial charge on any atom is 0.416 e. The first kappa shape index (κ1) is 18.0. The normalized spacial score (nSPS) is 13.7. The third kappa shape index (κ3) is 6.06. The Morgan fingerprint density at radius 1 is 1.19 bits per heavy atom. The van der Waals surface area contributed by atoms with Crippen LogP contribution in [0.15, 0.2) is 24.3 Å². The fourth-order valence-corrected chi connectivity index (χ4v) is 2.26. The summed E-state index contributed by atoms with van der Waals surface area (Å²) in [5.41, 5.74) is 0.0875. The highest BCUT2D eigenvalue weighted by Crippen LogP contribution is 2.30. The van der Waals surface area contributed by atoms with Crippen LogP contribution in [-0.4, -0.2) is 31.1 Å². The third-order valence-electron chi connectivity index (χ3n) is 3.71. The van der Waals surface area contributed by atoms with Crippen LogP contribution in [0.4, 0.5) is 13.2 Å². The monoisotopic (exact) mass is 302 g/mol. The summed E-state index contributed by atoms with van der Waals surface area (Å²) in [6.07, 6.45) is -3.29. The molecule has 0 bridgehead atoms. The number of alkyl halides is 3. The van der Waals surface area contributed by atoms with Crippen LogP contribution in [-0.2, 0) is 6.18 Å². The molecule has 0 aliphatic carbocycles. The molecule has 2 nitrogen and oxygen atoms in total. The second-order valence-electron chi connectivity index (χ2n) is 5.18. The van der Waals surface area contributed by atoms with Gasteiger partial charge in [-0.15, -0.1) is 0 Å². The molecule has 1 unspecified atom stereocenters. The smallest absolute Gasteiger partial charge is 0.310 e. The van der Waals surface area contributed by atoms with E-state index >= 15 is 0 Å². The molecule has 1 aromatic rings. The van der Waals surface area contributed by atoms with Crippen LogP contribution < -0.4 is 5.32 Å². The summed E-state index contributed by atoms with van der Waals surface area (Å²) in [5.74, 6) is 0. The highest BCUT2D eigenvalue weighted by Gasteiger charge is 2.30. The zero-order valence-electron chi connectivity index (χ0n) is 13.0. The molecule has 5 heteroatoms. The van der Waals surface area contributed by atoms with Crippen LogP contribution in [0, 0.1) is 0 Å². The van der Waals surface area contributed by atoms with Crippen LogP contribution in [0.2, 0.25) is 0 Å². The lowest BCUT2D eigenvalue weighted by atomic mass is 10.0. The van der Waals surface area contributed by atoms with Crippen molar-refractivity contribution < 1.29 is 13.2 Å². The van der Waals surface area contributed by atoms with Gasteiger partial charge in [0.15, 0.2) is 0 Å². The van der Waals surface area contributed by atoms with E-state index in [9.17, 15) is 13.2 Å². The Hall–Kier alpha value is -1.07. The van der Waals surface area contributed by atoms with Crippen molar-refractivity contribution in [3.8, 4) is 0 Å². The summed E-state index contributed by atoms with van der Waals surface area (Å²) in [4.78, 5) is 2.33. The van der Waals surface area contributed by atoms with Gasteiger partial charge in [0.1, 0.15) is 0 Å².